The summed E-state index contributed by atoms with van der Waals surface area (Å²) in [6, 6.07) is 11.0. The molecule has 1 heterocycles. The van der Waals surface area contributed by atoms with Crippen LogP contribution in [0.2, 0.25) is 0 Å². The quantitative estimate of drug-likeness (QED) is 0.776. The van der Waals surface area contributed by atoms with Crippen LogP contribution >= 0.6 is 0 Å². The summed E-state index contributed by atoms with van der Waals surface area (Å²) in [6.45, 7) is 5.35. The molecule has 0 bridgehead atoms. The summed E-state index contributed by atoms with van der Waals surface area (Å²) in [7, 11) is 0. The molecule has 3 rings (SSSR count). The smallest absolute Gasteiger partial charge is 0.0459 e. The van der Waals surface area contributed by atoms with Gasteiger partial charge < -0.3 is 10.6 Å². The average Bonchev–Trinajstić information content (AvgIpc) is 2.92. The molecule has 2 aliphatic rings. The lowest BCUT2D eigenvalue weighted by Gasteiger charge is -2.45. The van der Waals surface area contributed by atoms with Gasteiger partial charge in [-0.3, -0.25) is 5.32 Å². The minimum atomic E-state index is 0.186. The largest absolute Gasteiger partial charge is 0.308 e. The first-order chi connectivity index (χ1) is 9.29. The molecule has 0 unspecified atom stereocenters. The molecule has 3 heteroatoms. The molecule has 1 aromatic carbocycles. The van der Waals surface area contributed by atoms with Gasteiger partial charge in [0.25, 0.3) is 0 Å². The molecule has 19 heavy (non-hydrogen) atoms. The molecule has 0 radical (unpaired) electrons. The minimum absolute atomic E-state index is 0.186. The van der Waals surface area contributed by atoms with Gasteiger partial charge >= 0.3 is 0 Å². The standard InChI is InChI=1S/C16H25N3/c1-2-18-16(14-6-4-3-5-7-14)10-8-15(9-11-16)12-17-13-19-15/h3-7,17-19H,2,8-13H2,1H3. The molecule has 1 aliphatic carbocycles. The van der Waals surface area contributed by atoms with Gasteiger partial charge in [-0.1, -0.05) is 37.3 Å². The highest BCUT2D eigenvalue weighted by molar-refractivity contribution is 5.26. The van der Waals surface area contributed by atoms with Crippen molar-refractivity contribution in [2.24, 2.45) is 0 Å². The van der Waals surface area contributed by atoms with Gasteiger partial charge in [-0.15, -0.1) is 0 Å². The van der Waals surface area contributed by atoms with E-state index in [4.69, 9.17) is 0 Å². The Morgan fingerprint density at radius 3 is 2.42 bits per heavy atom. The van der Waals surface area contributed by atoms with Crippen molar-refractivity contribution in [3.63, 3.8) is 0 Å². The third kappa shape index (κ3) is 2.42. The van der Waals surface area contributed by atoms with E-state index in [1.54, 1.807) is 0 Å². The lowest BCUT2D eigenvalue weighted by atomic mass is 9.69. The predicted octanol–water partition coefficient (Wildman–Crippen LogP) is 1.95. The molecular weight excluding hydrogens is 234 g/mol. The van der Waals surface area contributed by atoms with E-state index in [0.29, 0.717) is 5.54 Å². The summed E-state index contributed by atoms with van der Waals surface area (Å²) in [6.07, 6.45) is 4.95. The monoisotopic (exact) mass is 259 g/mol. The van der Waals surface area contributed by atoms with Crippen LogP contribution in [0.1, 0.15) is 38.2 Å². The zero-order chi connectivity index (χ0) is 13.2. The van der Waals surface area contributed by atoms with E-state index in [1.807, 2.05) is 0 Å². The summed E-state index contributed by atoms with van der Waals surface area (Å²) in [4.78, 5) is 0. The molecule has 1 spiro atoms. The van der Waals surface area contributed by atoms with Gasteiger partial charge in [-0.25, -0.2) is 0 Å². The molecule has 0 aromatic heterocycles. The van der Waals surface area contributed by atoms with E-state index < -0.39 is 0 Å². The molecule has 1 saturated heterocycles. The van der Waals surface area contributed by atoms with Crippen molar-refractivity contribution in [1.82, 2.24) is 16.0 Å². The van der Waals surface area contributed by atoms with Crippen molar-refractivity contribution in [2.75, 3.05) is 19.8 Å². The van der Waals surface area contributed by atoms with Crippen LogP contribution in [0.25, 0.3) is 0 Å². The predicted molar refractivity (Wildman–Crippen MR) is 79.0 cm³/mol. The summed E-state index contributed by atoms with van der Waals surface area (Å²) in [5.74, 6) is 0. The van der Waals surface area contributed by atoms with Crippen LogP contribution in [-0.4, -0.2) is 25.3 Å². The average molecular weight is 259 g/mol. The number of benzene rings is 1. The summed E-state index contributed by atoms with van der Waals surface area (Å²) in [5, 5.41) is 10.9. The molecule has 1 aliphatic heterocycles. The highest BCUT2D eigenvalue weighted by Crippen LogP contribution is 2.41. The van der Waals surface area contributed by atoms with Crippen molar-refractivity contribution in [2.45, 2.75) is 43.7 Å². The molecule has 0 amide bonds. The van der Waals surface area contributed by atoms with E-state index >= 15 is 0 Å². The molecule has 1 aromatic rings. The lowest BCUT2D eigenvalue weighted by molar-refractivity contribution is 0.160. The van der Waals surface area contributed by atoms with Gasteiger partial charge in [0, 0.05) is 24.3 Å². The Kier molecular flexibility index (Phi) is 3.61. The maximum Gasteiger partial charge on any atom is 0.0459 e. The van der Waals surface area contributed by atoms with Crippen LogP contribution in [-0.2, 0) is 5.54 Å². The normalized spacial score (nSPS) is 34.8. The maximum atomic E-state index is 3.77. The van der Waals surface area contributed by atoms with Crippen LogP contribution in [0, 0.1) is 0 Å². The molecular formula is C16H25N3. The Morgan fingerprint density at radius 2 is 1.84 bits per heavy atom. The molecule has 2 fully saturated rings. The van der Waals surface area contributed by atoms with Crippen molar-refractivity contribution < 1.29 is 0 Å². The zero-order valence-corrected chi connectivity index (χ0v) is 11.8. The highest BCUT2D eigenvalue weighted by Gasteiger charge is 2.44. The summed E-state index contributed by atoms with van der Waals surface area (Å²) >= 11 is 0. The van der Waals surface area contributed by atoms with Gasteiger partial charge in [0.05, 0.1) is 0 Å². The van der Waals surface area contributed by atoms with Crippen molar-refractivity contribution >= 4 is 0 Å². The van der Waals surface area contributed by atoms with Crippen LogP contribution < -0.4 is 16.0 Å². The fraction of sp³-hybridized carbons (Fsp3) is 0.625. The second kappa shape index (κ2) is 5.23. The molecule has 0 atom stereocenters. The van der Waals surface area contributed by atoms with Crippen LogP contribution in [0.15, 0.2) is 30.3 Å². The number of nitrogens with one attached hydrogen (secondary N) is 3. The van der Waals surface area contributed by atoms with Gasteiger partial charge in [-0.05, 0) is 37.8 Å². The number of rotatable bonds is 3. The Hall–Kier alpha value is -0.900. The third-order valence-electron chi connectivity index (χ3n) is 4.95. The fourth-order valence-corrected chi connectivity index (χ4v) is 3.79. The van der Waals surface area contributed by atoms with E-state index in [9.17, 15) is 0 Å². The topological polar surface area (TPSA) is 36.1 Å². The molecule has 3 nitrogen and oxygen atoms in total. The van der Waals surface area contributed by atoms with Gasteiger partial charge in [0.1, 0.15) is 0 Å². The molecule has 1 saturated carbocycles. The van der Waals surface area contributed by atoms with Gasteiger partial charge in [0.15, 0.2) is 0 Å². The Labute approximate surface area is 116 Å². The van der Waals surface area contributed by atoms with Crippen LogP contribution in [0.5, 0.6) is 0 Å². The second-order valence-corrected chi connectivity index (χ2v) is 6.04. The first-order valence-corrected chi connectivity index (χ1v) is 7.55. The highest BCUT2D eigenvalue weighted by atomic mass is 15.2. The van der Waals surface area contributed by atoms with Crippen LogP contribution in [0.3, 0.4) is 0 Å². The van der Waals surface area contributed by atoms with Crippen molar-refractivity contribution in [3.05, 3.63) is 35.9 Å². The Bertz CT molecular complexity index is 399. The van der Waals surface area contributed by atoms with E-state index in [2.05, 4.69) is 53.2 Å². The summed E-state index contributed by atoms with van der Waals surface area (Å²) < 4.78 is 0. The van der Waals surface area contributed by atoms with E-state index in [1.165, 1.54) is 31.2 Å². The summed E-state index contributed by atoms with van der Waals surface area (Å²) in [5.41, 5.74) is 2.00. The van der Waals surface area contributed by atoms with Crippen molar-refractivity contribution in [1.29, 1.82) is 0 Å². The third-order valence-corrected chi connectivity index (χ3v) is 4.95. The van der Waals surface area contributed by atoms with Crippen molar-refractivity contribution in [3.8, 4) is 0 Å². The van der Waals surface area contributed by atoms with Gasteiger partial charge in [-0.2, -0.15) is 0 Å². The second-order valence-electron chi connectivity index (χ2n) is 6.04. The maximum absolute atomic E-state index is 3.77. The Morgan fingerprint density at radius 1 is 1.11 bits per heavy atom. The van der Waals surface area contributed by atoms with E-state index in [0.717, 1.165) is 19.8 Å². The zero-order valence-electron chi connectivity index (χ0n) is 11.8. The number of hydrogen-bond acceptors (Lipinski definition) is 3. The SMILES string of the molecule is CCNC1(c2ccccc2)CCC2(CC1)CNCN2. The first-order valence-electron chi connectivity index (χ1n) is 7.55. The fourth-order valence-electron chi connectivity index (χ4n) is 3.79. The van der Waals surface area contributed by atoms with Crippen LogP contribution in [0.4, 0.5) is 0 Å². The Balaban J connectivity index is 1.80. The van der Waals surface area contributed by atoms with E-state index in [-0.39, 0.29) is 5.54 Å². The lowest BCUT2D eigenvalue weighted by Crippen LogP contribution is -2.54. The molecule has 3 N–H and O–H groups in total. The first kappa shape index (κ1) is 13.1. The van der Waals surface area contributed by atoms with Gasteiger partial charge in [0.2, 0.25) is 0 Å². The number of hydrogen-bond donors (Lipinski definition) is 3. The minimum Gasteiger partial charge on any atom is -0.308 e. The molecule has 104 valence electrons.